The molecule has 4 rings (SSSR count). The fourth-order valence-corrected chi connectivity index (χ4v) is 3.94. The van der Waals surface area contributed by atoms with Gasteiger partial charge in [0.05, 0.1) is 11.0 Å². The Bertz CT molecular complexity index is 1070. The molecule has 1 heterocycles. The highest BCUT2D eigenvalue weighted by Crippen LogP contribution is 2.29. The van der Waals surface area contributed by atoms with Crippen molar-refractivity contribution in [1.29, 1.82) is 0 Å². The van der Waals surface area contributed by atoms with Gasteiger partial charge in [0.1, 0.15) is 0 Å². The zero-order chi connectivity index (χ0) is 20.5. The van der Waals surface area contributed by atoms with Gasteiger partial charge in [0.15, 0.2) is 0 Å². The van der Waals surface area contributed by atoms with Crippen molar-refractivity contribution < 1.29 is 4.79 Å². The van der Waals surface area contributed by atoms with Gasteiger partial charge < -0.3 is 4.90 Å². The summed E-state index contributed by atoms with van der Waals surface area (Å²) >= 11 is 0. The Kier molecular flexibility index (Phi) is 5.31. The summed E-state index contributed by atoms with van der Waals surface area (Å²) < 4.78 is 3.37. The first-order chi connectivity index (χ1) is 14.0. The van der Waals surface area contributed by atoms with Crippen molar-refractivity contribution in [3.05, 3.63) is 70.1 Å². The molecule has 1 aromatic heterocycles. The molecule has 1 saturated carbocycles. The maximum atomic E-state index is 13.0. The molecule has 5 nitrogen and oxygen atoms in total. The molecule has 5 heteroatoms. The molecule has 0 unspecified atom stereocenters. The van der Waals surface area contributed by atoms with Crippen molar-refractivity contribution in [2.45, 2.75) is 58.2 Å². The number of imidazole rings is 1. The first-order valence-electron chi connectivity index (χ1n) is 10.5. The van der Waals surface area contributed by atoms with Gasteiger partial charge in [0, 0.05) is 32.6 Å². The van der Waals surface area contributed by atoms with Gasteiger partial charge in [-0.2, -0.15) is 0 Å². The average Bonchev–Trinajstić information content (AvgIpc) is 3.53. The minimum absolute atomic E-state index is 0.0683. The predicted molar refractivity (Wildman–Crippen MR) is 116 cm³/mol. The number of hydrogen-bond donors (Lipinski definition) is 0. The van der Waals surface area contributed by atoms with Crippen molar-refractivity contribution in [3.63, 3.8) is 0 Å². The molecular formula is C24H29N3O2. The molecule has 2 aromatic carbocycles. The summed E-state index contributed by atoms with van der Waals surface area (Å²) in [7, 11) is 1.78. The van der Waals surface area contributed by atoms with Crippen molar-refractivity contribution in [1.82, 2.24) is 14.0 Å². The molecule has 29 heavy (non-hydrogen) atoms. The van der Waals surface area contributed by atoms with Gasteiger partial charge in [0.2, 0.25) is 5.91 Å². The van der Waals surface area contributed by atoms with Crippen LogP contribution in [0.1, 0.15) is 50.2 Å². The van der Waals surface area contributed by atoms with Crippen molar-refractivity contribution in [2.24, 2.45) is 7.05 Å². The highest BCUT2D eigenvalue weighted by Gasteiger charge is 2.32. The lowest BCUT2D eigenvalue weighted by Crippen LogP contribution is -2.34. The van der Waals surface area contributed by atoms with E-state index in [0.29, 0.717) is 31.5 Å². The molecule has 0 bridgehead atoms. The number of rotatable bonds is 7. The number of benzene rings is 2. The van der Waals surface area contributed by atoms with E-state index in [4.69, 9.17) is 0 Å². The van der Waals surface area contributed by atoms with Crippen LogP contribution in [0.2, 0.25) is 0 Å². The van der Waals surface area contributed by atoms with Crippen LogP contribution >= 0.6 is 0 Å². The molecule has 0 radical (unpaired) electrons. The SMILES string of the molecule is CC(C)c1ccc(CN(C(=O)CCn2c(=O)n(C)c3ccccc32)C2CC2)cc1. The molecule has 0 spiro atoms. The normalized spacial score (nSPS) is 13.9. The quantitative estimate of drug-likeness (QED) is 0.610. The smallest absolute Gasteiger partial charge is 0.328 e. The van der Waals surface area contributed by atoms with E-state index < -0.39 is 0 Å². The van der Waals surface area contributed by atoms with E-state index in [-0.39, 0.29) is 11.6 Å². The van der Waals surface area contributed by atoms with E-state index in [2.05, 4.69) is 38.1 Å². The Labute approximate surface area is 171 Å². The zero-order valence-corrected chi connectivity index (χ0v) is 17.5. The number of nitrogens with zero attached hydrogens (tertiary/aromatic N) is 3. The molecule has 152 valence electrons. The number of carbonyl (C=O) groups excluding carboxylic acids is 1. The molecule has 1 fully saturated rings. The Morgan fingerprint density at radius 2 is 1.72 bits per heavy atom. The van der Waals surface area contributed by atoms with Crippen LogP contribution in [-0.4, -0.2) is 26.0 Å². The monoisotopic (exact) mass is 391 g/mol. The van der Waals surface area contributed by atoms with Crippen LogP contribution in [0.3, 0.4) is 0 Å². The fourth-order valence-electron chi connectivity index (χ4n) is 3.94. The third kappa shape index (κ3) is 4.00. The third-order valence-electron chi connectivity index (χ3n) is 5.91. The summed E-state index contributed by atoms with van der Waals surface area (Å²) in [6.45, 7) is 5.43. The molecule has 0 saturated heterocycles. The van der Waals surface area contributed by atoms with Gasteiger partial charge in [-0.1, -0.05) is 50.2 Å². The lowest BCUT2D eigenvalue weighted by molar-refractivity contribution is -0.132. The maximum Gasteiger partial charge on any atom is 0.328 e. The maximum absolute atomic E-state index is 13.0. The number of carbonyl (C=O) groups is 1. The van der Waals surface area contributed by atoms with Gasteiger partial charge in [-0.05, 0) is 42.0 Å². The number of aromatic nitrogens is 2. The molecular weight excluding hydrogens is 362 g/mol. The number of fused-ring (bicyclic) bond motifs is 1. The first-order valence-corrected chi connectivity index (χ1v) is 10.5. The zero-order valence-electron chi connectivity index (χ0n) is 17.5. The van der Waals surface area contributed by atoms with Gasteiger partial charge in [-0.3, -0.25) is 13.9 Å². The largest absolute Gasteiger partial charge is 0.335 e. The molecule has 1 aliphatic carbocycles. The van der Waals surface area contributed by atoms with Crippen molar-refractivity contribution in [3.8, 4) is 0 Å². The van der Waals surface area contributed by atoms with Gasteiger partial charge in [-0.25, -0.2) is 4.79 Å². The molecule has 1 amide bonds. The second-order valence-corrected chi connectivity index (χ2v) is 8.38. The molecule has 3 aromatic rings. The number of hydrogen-bond acceptors (Lipinski definition) is 2. The van der Waals surface area contributed by atoms with E-state index in [1.807, 2.05) is 29.2 Å². The summed E-state index contributed by atoms with van der Waals surface area (Å²) in [5, 5.41) is 0. The van der Waals surface area contributed by atoms with E-state index in [9.17, 15) is 9.59 Å². The summed E-state index contributed by atoms with van der Waals surface area (Å²) in [6, 6.07) is 16.7. The number of aryl methyl sites for hydroxylation is 2. The average molecular weight is 392 g/mol. The van der Waals surface area contributed by atoms with E-state index in [0.717, 1.165) is 29.4 Å². The van der Waals surface area contributed by atoms with Gasteiger partial charge in [0.25, 0.3) is 0 Å². The van der Waals surface area contributed by atoms with E-state index in [1.165, 1.54) is 5.56 Å². The number of amides is 1. The molecule has 0 N–H and O–H groups in total. The summed E-state index contributed by atoms with van der Waals surface area (Å²) in [5.41, 5.74) is 4.19. The van der Waals surface area contributed by atoms with Crippen LogP contribution in [0.4, 0.5) is 0 Å². The minimum atomic E-state index is -0.0683. The standard InChI is InChI=1S/C24H29N3O2/c1-17(2)19-10-8-18(9-11-19)16-27(20-12-13-20)23(28)14-15-26-22-7-5-4-6-21(22)25(3)24(26)29/h4-11,17,20H,12-16H2,1-3H3. The Hall–Kier alpha value is -2.82. The number of para-hydroxylation sites is 2. The lowest BCUT2D eigenvalue weighted by Gasteiger charge is -2.23. The van der Waals surface area contributed by atoms with Crippen molar-refractivity contribution in [2.75, 3.05) is 0 Å². The van der Waals surface area contributed by atoms with Crippen LogP contribution in [0.5, 0.6) is 0 Å². The Balaban J connectivity index is 1.48. The Morgan fingerprint density at radius 1 is 1.07 bits per heavy atom. The van der Waals surface area contributed by atoms with Crippen LogP contribution in [0.15, 0.2) is 53.3 Å². The summed E-state index contributed by atoms with van der Waals surface area (Å²) in [5.74, 6) is 0.629. The van der Waals surface area contributed by atoms with Crippen LogP contribution in [0.25, 0.3) is 11.0 Å². The fraction of sp³-hybridized carbons (Fsp3) is 0.417. The molecule has 1 aliphatic rings. The van der Waals surface area contributed by atoms with E-state index in [1.54, 1.807) is 16.2 Å². The first kappa shape index (κ1) is 19.5. The second kappa shape index (κ2) is 7.90. The summed E-state index contributed by atoms with van der Waals surface area (Å²) in [6.07, 6.45) is 2.49. The lowest BCUT2D eigenvalue weighted by atomic mass is 10.0. The molecule has 0 atom stereocenters. The second-order valence-electron chi connectivity index (χ2n) is 8.38. The van der Waals surface area contributed by atoms with Crippen LogP contribution in [0, 0.1) is 0 Å². The minimum Gasteiger partial charge on any atom is -0.335 e. The van der Waals surface area contributed by atoms with Gasteiger partial charge in [-0.15, -0.1) is 0 Å². The Morgan fingerprint density at radius 3 is 2.34 bits per heavy atom. The molecule has 0 aliphatic heterocycles. The highest BCUT2D eigenvalue weighted by molar-refractivity contribution is 5.78. The topological polar surface area (TPSA) is 47.2 Å². The van der Waals surface area contributed by atoms with Gasteiger partial charge >= 0.3 is 5.69 Å². The van der Waals surface area contributed by atoms with Crippen molar-refractivity contribution >= 4 is 16.9 Å². The van der Waals surface area contributed by atoms with Crippen LogP contribution in [-0.2, 0) is 24.9 Å². The summed E-state index contributed by atoms with van der Waals surface area (Å²) in [4.78, 5) is 27.6. The third-order valence-corrected chi connectivity index (χ3v) is 5.91. The van der Waals surface area contributed by atoms with Crippen LogP contribution < -0.4 is 5.69 Å². The predicted octanol–water partition coefficient (Wildman–Crippen LogP) is 4.04. The van der Waals surface area contributed by atoms with E-state index >= 15 is 0 Å². The highest BCUT2D eigenvalue weighted by atomic mass is 16.2.